The number of hydrogen-bond donors (Lipinski definition) is 2. The maximum absolute atomic E-state index is 12.8. The number of carbonyl (C=O) groups is 1. The number of rotatable bonds is 6. The molecule has 146 valence electrons. The summed E-state index contributed by atoms with van der Waals surface area (Å²) in [6, 6.07) is 15.7. The maximum atomic E-state index is 12.8. The van der Waals surface area contributed by atoms with Crippen LogP contribution < -0.4 is 10.1 Å². The summed E-state index contributed by atoms with van der Waals surface area (Å²) in [6.45, 7) is 3.55. The van der Waals surface area contributed by atoms with Gasteiger partial charge in [0.1, 0.15) is 5.75 Å². The highest BCUT2D eigenvalue weighted by molar-refractivity contribution is 6.04. The van der Waals surface area contributed by atoms with Crippen molar-refractivity contribution in [1.29, 1.82) is 0 Å². The highest BCUT2D eigenvalue weighted by Gasteiger charge is 2.24. The third-order valence-electron chi connectivity index (χ3n) is 5.13. The number of aromatic amines is 1. The second-order valence-electron chi connectivity index (χ2n) is 6.77. The van der Waals surface area contributed by atoms with E-state index in [0.717, 1.165) is 35.3 Å². The van der Waals surface area contributed by atoms with Gasteiger partial charge in [0.05, 0.1) is 31.9 Å². The average molecular weight is 380 g/mol. The van der Waals surface area contributed by atoms with Crippen LogP contribution in [0, 0.1) is 0 Å². The predicted molar refractivity (Wildman–Crippen MR) is 107 cm³/mol. The summed E-state index contributed by atoms with van der Waals surface area (Å²) >= 11 is 0. The van der Waals surface area contributed by atoms with Crippen LogP contribution in [0.25, 0.3) is 10.9 Å². The first-order valence-corrected chi connectivity index (χ1v) is 9.43. The number of morpholine rings is 1. The van der Waals surface area contributed by atoms with Crippen molar-refractivity contribution in [2.24, 2.45) is 0 Å². The summed E-state index contributed by atoms with van der Waals surface area (Å²) in [6.07, 6.45) is 0. The van der Waals surface area contributed by atoms with Gasteiger partial charge in [-0.2, -0.15) is 5.10 Å². The van der Waals surface area contributed by atoms with Crippen molar-refractivity contribution < 1.29 is 14.3 Å². The Hall–Kier alpha value is -2.90. The number of para-hydroxylation sites is 1. The number of nitrogens with one attached hydrogen (secondary N) is 2. The minimum atomic E-state index is -0.177. The molecule has 2 aromatic carbocycles. The standard InChI is InChI=1S/C21H24N4O3/c1-27-16-8-6-15(7-9-16)19(25-10-12-28-13-11-25)14-22-21(26)20-17-4-2-3-5-18(17)23-24-20/h2-9,19H,10-14H2,1H3,(H,22,26)(H,23,24)/t19-/m1/s1. The normalized spacial score (nSPS) is 16.0. The fourth-order valence-corrected chi connectivity index (χ4v) is 3.58. The Labute approximate surface area is 163 Å². The van der Waals surface area contributed by atoms with Crippen LogP contribution in [0.5, 0.6) is 5.75 Å². The minimum Gasteiger partial charge on any atom is -0.497 e. The molecule has 1 atom stereocenters. The summed E-state index contributed by atoms with van der Waals surface area (Å²) < 4.78 is 10.8. The van der Waals surface area contributed by atoms with E-state index in [1.807, 2.05) is 36.4 Å². The molecule has 1 fully saturated rings. The van der Waals surface area contributed by atoms with Crippen LogP contribution in [0.1, 0.15) is 22.1 Å². The van der Waals surface area contributed by atoms with E-state index in [4.69, 9.17) is 9.47 Å². The topological polar surface area (TPSA) is 79.5 Å². The van der Waals surface area contributed by atoms with Crippen molar-refractivity contribution in [1.82, 2.24) is 20.4 Å². The molecule has 4 rings (SSSR count). The highest BCUT2D eigenvalue weighted by atomic mass is 16.5. The second kappa shape index (κ2) is 8.41. The maximum Gasteiger partial charge on any atom is 0.272 e. The van der Waals surface area contributed by atoms with E-state index >= 15 is 0 Å². The number of hydrogen-bond acceptors (Lipinski definition) is 5. The molecule has 28 heavy (non-hydrogen) atoms. The molecule has 0 radical (unpaired) electrons. The Morgan fingerprint density at radius 2 is 1.96 bits per heavy atom. The Bertz CT molecular complexity index is 932. The molecule has 1 aromatic heterocycles. The Morgan fingerprint density at radius 1 is 1.21 bits per heavy atom. The van der Waals surface area contributed by atoms with Gasteiger partial charge in [-0.15, -0.1) is 0 Å². The van der Waals surface area contributed by atoms with E-state index < -0.39 is 0 Å². The number of carbonyl (C=O) groups excluding carboxylic acids is 1. The molecular weight excluding hydrogens is 356 g/mol. The van der Waals surface area contributed by atoms with Gasteiger partial charge in [0.25, 0.3) is 5.91 Å². The van der Waals surface area contributed by atoms with Gasteiger partial charge in [-0.3, -0.25) is 14.8 Å². The first kappa shape index (κ1) is 18.5. The number of aromatic nitrogens is 2. The molecule has 7 heteroatoms. The van der Waals surface area contributed by atoms with Crippen molar-refractivity contribution in [3.05, 3.63) is 59.8 Å². The molecule has 7 nitrogen and oxygen atoms in total. The van der Waals surface area contributed by atoms with Gasteiger partial charge in [0, 0.05) is 25.0 Å². The van der Waals surface area contributed by atoms with Crippen LogP contribution in [0.3, 0.4) is 0 Å². The number of ether oxygens (including phenoxy) is 2. The van der Waals surface area contributed by atoms with Crippen LogP contribution in [-0.2, 0) is 4.74 Å². The molecule has 0 unspecified atom stereocenters. The third-order valence-corrected chi connectivity index (χ3v) is 5.13. The Balaban J connectivity index is 1.52. The van der Waals surface area contributed by atoms with Crippen LogP contribution in [0.2, 0.25) is 0 Å². The summed E-state index contributed by atoms with van der Waals surface area (Å²) in [4.78, 5) is 15.1. The molecule has 0 bridgehead atoms. The van der Waals surface area contributed by atoms with E-state index in [-0.39, 0.29) is 11.9 Å². The first-order valence-electron chi connectivity index (χ1n) is 9.43. The quantitative estimate of drug-likeness (QED) is 0.686. The van der Waals surface area contributed by atoms with Gasteiger partial charge in [-0.25, -0.2) is 0 Å². The Kier molecular flexibility index (Phi) is 5.55. The molecule has 2 N–H and O–H groups in total. The lowest BCUT2D eigenvalue weighted by Gasteiger charge is -2.35. The number of methoxy groups -OCH3 is 1. The highest BCUT2D eigenvalue weighted by Crippen LogP contribution is 2.24. The zero-order valence-corrected chi connectivity index (χ0v) is 15.9. The van der Waals surface area contributed by atoms with Gasteiger partial charge >= 0.3 is 0 Å². The van der Waals surface area contributed by atoms with E-state index in [9.17, 15) is 4.79 Å². The number of amides is 1. The van der Waals surface area contributed by atoms with E-state index in [1.54, 1.807) is 7.11 Å². The molecule has 0 saturated carbocycles. The lowest BCUT2D eigenvalue weighted by molar-refractivity contribution is 0.0162. The average Bonchev–Trinajstić information content (AvgIpc) is 3.19. The fraction of sp³-hybridized carbons (Fsp3) is 0.333. The van der Waals surface area contributed by atoms with Crippen LogP contribution in [0.4, 0.5) is 0 Å². The molecule has 1 saturated heterocycles. The van der Waals surface area contributed by atoms with Gasteiger partial charge in [0.15, 0.2) is 5.69 Å². The predicted octanol–water partition coefficient (Wildman–Crippen LogP) is 2.37. The van der Waals surface area contributed by atoms with E-state index in [1.165, 1.54) is 0 Å². The number of benzene rings is 2. The van der Waals surface area contributed by atoms with Gasteiger partial charge in [-0.1, -0.05) is 30.3 Å². The van der Waals surface area contributed by atoms with E-state index in [2.05, 4.69) is 32.5 Å². The minimum absolute atomic E-state index is 0.0592. The van der Waals surface area contributed by atoms with Crippen molar-refractivity contribution in [3.63, 3.8) is 0 Å². The fourth-order valence-electron chi connectivity index (χ4n) is 3.58. The molecule has 0 aliphatic carbocycles. The molecule has 1 aliphatic rings. The molecule has 1 amide bonds. The number of fused-ring (bicyclic) bond motifs is 1. The number of nitrogens with zero attached hydrogens (tertiary/aromatic N) is 2. The van der Waals surface area contributed by atoms with Crippen molar-refractivity contribution in [2.75, 3.05) is 40.0 Å². The lowest BCUT2D eigenvalue weighted by Crippen LogP contribution is -2.43. The van der Waals surface area contributed by atoms with Gasteiger partial charge in [-0.05, 0) is 23.8 Å². The monoisotopic (exact) mass is 380 g/mol. The zero-order chi connectivity index (χ0) is 19.3. The summed E-state index contributed by atoms with van der Waals surface area (Å²) in [5.74, 6) is 0.640. The van der Waals surface area contributed by atoms with Crippen LogP contribution in [0.15, 0.2) is 48.5 Å². The van der Waals surface area contributed by atoms with Crippen molar-refractivity contribution in [2.45, 2.75) is 6.04 Å². The largest absolute Gasteiger partial charge is 0.497 e. The van der Waals surface area contributed by atoms with Crippen LogP contribution >= 0.6 is 0 Å². The van der Waals surface area contributed by atoms with Crippen molar-refractivity contribution >= 4 is 16.8 Å². The molecular formula is C21H24N4O3. The summed E-state index contributed by atoms with van der Waals surface area (Å²) in [7, 11) is 1.66. The zero-order valence-electron chi connectivity index (χ0n) is 15.9. The Morgan fingerprint density at radius 3 is 2.71 bits per heavy atom. The summed E-state index contributed by atoms with van der Waals surface area (Å²) in [5, 5.41) is 11.0. The van der Waals surface area contributed by atoms with E-state index in [0.29, 0.717) is 25.5 Å². The molecule has 0 spiro atoms. The molecule has 2 heterocycles. The van der Waals surface area contributed by atoms with Gasteiger partial charge < -0.3 is 14.8 Å². The smallest absolute Gasteiger partial charge is 0.272 e. The number of H-pyrrole nitrogens is 1. The molecule has 3 aromatic rings. The van der Waals surface area contributed by atoms with Crippen molar-refractivity contribution in [3.8, 4) is 5.75 Å². The van der Waals surface area contributed by atoms with Gasteiger partial charge in [0.2, 0.25) is 0 Å². The lowest BCUT2D eigenvalue weighted by atomic mass is 10.0. The second-order valence-corrected chi connectivity index (χ2v) is 6.77. The van der Waals surface area contributed by atoms with Crippen LogP contribution in [-0.4, -0.2) is 61.0 Å². The molecule has 1 aliphatic heterocycles. The summed E-state index contributed by atoms with van der Waals surface area (Å²) in [5.41, 5.74) is 2.41. The SMILES string of the molecule is COc1ccc([C@@H](CNC(=O)c2n[nH]c3ccccc23)N2CCOCC2)cc1. The third kappa shape index (κ3) is 3.85. The first-order chi connectivity index (χ1) is 13.8.